The molecule has 0 unspecified atom stereocenters. The van der Waals surface area contributed by atoms with Crippen molar-refractivity contribution in [1.82, 2.24) is 15.3 Å². The van der Waals surface area contributed by atoms with Gasteiger partial charge in [-0.25, -0.2) is 14.4 Å². The third-order valence-corrected chi connectivity index (χ3v) is 5.50. The van der Waals surface area contributed by atoms with Crippen molar-refractivity contribution in [2.24, 2.45) is 0 Å². The number of benzene rings is 1. The maximum Gasteiger partial charge on any atom is 0.262 e. The van der Waals surface area contributed by atoms with E-state index in [2.05, 4.69) is 15.3 Å². The second-order valence-electron chi connectivity index (χ2n) is 6.18. The summed E-state index contributed by atoms with van der Waals surface area (Å²) in [5.41, 5.74) is 2.40. The van der Waals surface area contributed by atoms with E-state index in [1.807, 2.05) is 27.7 Å². The van der Waals surface area contributed by atoms with Gasteiger partial charge in [0.25, 0.3) is 5.91 Å². The van der Waals surface area contributed by atoms with Gasteiger partial charge >= 0.3 is 0 Å². The van der Waals surface area contributed by atoms with Gasteiger partial charge in [-0.15, -0.1) is 11.3 Å². The van der Waals surface area contributed by atoms with Crippen molar-refractivity contribution in [1.29, 1.82) is 0 Å². The molecule has 3 aromatic rings. The first-order valence-corrected chi connectivity index (χ1v) is 9.02. The first-order valence-electron chi connectivity index (χ1n) is 8.20. The monoisotopic (exact) mass is 373 g/mol. The number of aromatic nitrogens is 2. The van der Waals surface area contributed by atoms with Gasteiger partial charge in [-0.05, 0) is 51.0 Å². The number of aryl methyl sites for hydroxylation is 3. The zero-order chi connectivity index (χ0) is 19.0. The molecule has 0 aliphatic rings. The lowest BCUT2D eigenvalue weighted by molar-refractivity contribution is 0.0943. The van der Waals surface area contributed by atoms with Gasteiger partial charge in [-0.2, -0.15) is 0 Å². The number of nitrogens with zero attached hydrogens (tertiary/aromatic N) is 2. The minimum atomic E-state index is -0.453. The summed E-state index contributed by atoms with van der Waals surface area (Å²) < 4.78 is 18.8. The Morgan fingerprint density at radius 3 is 2.65 bits per heavy atom. The van der Waals surface area contributed by atoms with Crippen LogP contribution in [0.3, 0.4) is 0 Å². The van der Waals surface area contributed by atoms with Crippen LogP contribution in [0.1, 0.15) is 45.3 Å². The molecule has 0 aliphatic heterocycles. The lowest BCUT2D eigenvalue weighted by Gasteiger charge is -2.15. The molecule has 1 N–H and O–H groups in total. The minimum Gasteiger partial charge on any atom is -0.494 e. The van der Waals surface area contributed by atoms with E-state index in [0.717, 1.165) is 21.5 Å². The molecule has 0 saturated heterocycles. The normalized spacial score (nSPS) is 12.2. The van der Waals surface area contributed by atoms with Crippen molar-refractivity contribution in [2.75, 3.05) is 7.11 Å². The number of thiophene rings is 1. The van der Waals surface area contributed by atoms with Crippen molar-refractivity contribution >= 4 is 27.5 Å². The number of rotatable bonds is 4. The Hall–Kier alpha value is -2.54. The van der Waals surface area contributed by atoms with Gasteiger partial charge in [0.15, 0.2) is 11.6 Å². The van der Waals surface area contributed by atoms with E-state index in [1.165, 1.54) is 24.5 Å². The molecule has 7 heteroatoms. The van der Waals surface area contributed by atoms with E-state index in [9.17, 15) is 9.18 Å². The molecule has 0 bridgehead atoms. The Balaban J connectivity index is 1.88. The molecule has 1 amide bonds. The van der Waals surface area contributed by atoms with Gasteiger partial charge in [0, 0.05) is 11.1 Å². The topological polar surface area (TPSA) is 64.1 Å². The van der Waals surface area contributed by atoms with Gasteiger partial charge < -0.3 is 10.1 Å². The van der Waals surface area contributed by atoms with Gasteiger partial charge in [0.05, 0.1) is 18.0 Å². The zero-order valence-electron chi connectivity index (χ0n) is 15.3. The highest BCUT2D eigenvalue weighted by Gasteiger charge is 2.20. The molecule has 0 fully saturated rings. The molecule has 0 aliphatic carbocycles. The fourth-order valence-corrected chi connectivity index (χ4v) is 4.17. The maximum atomic E-state index is 13.9. The Labute approximate surface area is 155 Å². The van der Waals surface area contributed by atoms with Crippen LogP contribution in [0.2, 0.25) is 0 Å². The van der Waals surface area contributed by atoms with E-state index < -0.39 is 5.82 Å². The lowest BCUT2D eigenvalue weighted by Crippen LogP contribution is -2.26. The first-order chi connectivity index (χ1) is 12.3. The number of ether oxygens (including phenoxy) is 1. The summed E-state index contributed by atoms with van der Waals surface area (Å²) in [5, 5.41) is 3.85. The molecule has 26 heavy (non-hydrogen) atoms. The van der Waals surface area contributed by atoms with Crippen molar-refractivity contribution in [3.8, 4) is 5.75 Å². The lowest BCUT2D eigenvalue weighted by atomic mass is 10.1. The van der Waals surface area contributed by atoms with Crippen LogP contribution in [0.25, 0.3) is 10.2 Å². The SMILES string of the molecule is COc1ccc([C@H](C)NC(=O)c2sc3nc(C)nc(C)c3c2C)cc1F. The minimum absolute atomic E-state index is 0.178. The molecule has 3 rings (SSSR count). The fraction of sp³-hybridized carbons (Fsp3) is 0.316. The highest BCUT2D eigenvalue weighted by molar-refractivity contribution is 7.20. The van der Waals surface area contributed by atoms with Crippen LogP contribution in [-0.4, -0.2) is 23.0 Å². The predicted octanol–water partition coefficient (Wildman–Crippen LogP) is 4.26. The first kappa shape index (κ1) is 18.3. The second-order valence-corrected chi connectivity index (χ2v) is 7.18. The number of hydrogen-bond acceptors (Lipinski definition) is 5. The number of fused-ring (bicyclic) bond motifs is 1. The second kappa shape index (κ2) is 6.99. The van der Waals surface area contributed by atoms with E-state index in [-0.39, 0.29) is 17.7 Å². The molecular weight excluding hydrogens is 353 g/mol. The molecule has 1 atom stereocenters. The molecule has 136 valence electrons. The summed E-state index contributed by atoms with van der Waals surface area (Å²) >= 11 is 1.35. The number of hydrogen-bond donors (Lipinski definition) is 1. The van der Waals surface area contributed by atoms with Gasteiger partial charge in [0.2, 0.25) is 0 Å². The van der Waals surface area contributed by atoms with Crippen LogP contribution in [0.5, 0.6) is 5.75 Å². The number of methoxy groups -OCH3 is 1. The average molecular weight is 373 g/mol. The molecule has 2 heterocycles. The summed E-state index contributed by atoms with van der Waals surface area (Å²) in [5.74, 6) is 0.208. The smallest absolute Gasteiger partial charge is 0.262 e. The van der Waals surface area contributed by atoms with Crippen LogP contribution in [0.4, 0.5) is 4.39 Å². The third-order valence-electron chi connectivity index (χ3n) is 4.31. The van der Waals surface area contributed by atoms with Crippen LogP contribution >= 0.6 is 11.3 Å². The number of carbonyl (C=O) groups excluding carboxylic acids is 1. The average Bonchev–Trinajstić information content (AvgIpc) is 2.91. The summed E-state index contributed by atoms with van der Waals surface area (Å²) in [6.07, 6.45) is 0. The predicted molar refractivity (Wildman–Crippen MR) is 100 cm³/mol. The van der Waals surface area contributed by atoms with Gasteiger partial charge in [-0.1, -0.05) is 6.07 Å². The van der Waals surface area contributed by atoms with Gasteiger partial charge in [-0.3, -0.25) is 4.79 Å². The Kier molecular flexibility index (Phi) is 4.91. The molecule has 0 spiro atoms. The molecular formula is C19H20FN3O2S. The highest BCUT2D eigenvalue weighted by atomic mass is 32.1. The molecule has 2 aromatic heterocycles. The van der Waals surface area contributed by atoms with Crippen LogP contribution < -0.4 is 10.1 Å². The number of carbonyl (C=O) groups is 1. The van der Waals surface area contributed by atoms with Crippen molar-refractivity contribution in [3.05, 3.63) is 51.5 Å². The molecule has 1 aromatic carbocycles. The van der Waals surface area contributed by atoms with Crippen molar-refractivity contribution < 1.29 is 13.9 Å². The summed E-state index contributed by atoms with van der Waals surface area (Å²) in [4.78, 5) is 23.0. The Morgan fingerprint density at radius 1 is 1.27 bits per heavy atom. The van der Waals surface area contributed by atoms with Crippen molar-refractivity contribution in [2.45, 2.75) is 33.7 Å². The van der Waals surface area contributed by atoms with Crippen LogP contribution in [0.15, 0.2) is 18.2 Å². The van der Waals surface area contributed by atoms with E-state index in [0.29, 0.717) is 16.3 Å². The van der Waals surface area contributed by atoms with Crippen LogP contribution in [-0.2, 0) is 0 Å². The maximum absolute atomic E-state index is 13.9. The Bertz CT molecular complexity index is 1000. The quantitative estimate of drug-likeness (QED) is 0.742. The summed E-state index contributed by atoms with van der Waals surface area (Å²) in [7, 11) is 1.42. The van der Waals surface area contributed by atoms with E-state index in [4.69, 9.17) is 4.74 Å². The van der Waals surface area contributed by atoms with E-state index >= 15 is 0 Å². The Morgan fingerprint density at radius 2 is 2.00 bits per heavy atom. The molecule has 0 saturated carbocycles. The molecule has 5 nitrogen and oxygen atoms in total. The standard InChI is InChI=1S/C19H20FN3O2S/c1-9-16-11(3)21-12(4)23-19(16)26-17(9)18(24)22-10(2)13-6-7-15(25-5)14(20)8-13/h6-8,10H,1-5H3,(H,22,24)/t10-/m0/s1. The van der Waals surface area contributed by atoms with E-state index in [1.54, 1.807) is 12.1 Å². The van der Waals surface area contributed by atoms with Crippen molar-refractivity contribution in [3.63, 3.8) is 0 Å². The summed E-state index contributed by atoms with van der Waals surface area (Å²) in [6, 6.07) is 4.32. The number of halogens is 1. The highest BCUT2D eigenvalue weighted by Crippen LogP contribution is 2.31. The third kappa shape index (κ3) is 3.26. The largest absolute Gasteiger partial charge is 0.494 e. The van der Waals surface area contributed by atoms with Crippen LogP contribution in [0, 0.1) is 26.6 Å². The molecule has 0 radical (unpaired) electrons. The summed E-state index contributed by atoms with van der Waals surface area (Å²) in [6.45, 7) is 7.47. The zero-order valence-corrected chi connectivity index (χ0v) is 16.1. The van der Waals surface area contributed by atoms with Gasteiger partial charge in [0.1, 0.15) is 10.7 Å². The fourth-order valence-electron chi connectivity index (χ4n) is 2.99. The number of amides is 1. The number of nitrogens with one attached hydrogen (secondary N) is 1.